The van der Waals surface area contributed by atoms with E-state index >= 15 is 0 Å². The summed E-state index contributed by atoms with van der Waals surface area (Å²) in [7, 11) is -3.63. The Labute approximate surface area is 184 Å². The molecule has 8 heteroatoms. The van der Waals surface area contributed by atoms with Gasteiger partial charge in [0.15, 0.2) is 0 Å². The fourth-order valence-electron chi connectivity index (χ4n) is 2.77. The van der Waals surface area contributed by atoms with Crippen molar-refractivity contribution >= 4 is 33.0 Å². The van der Waals surface area contributed by atoms with Gasteiger partial charge in [0.25, 0.3) is 5.19 Å². The van der Waals surface area contributed by atoms with Crippen LogP contribution in [-0.2, 0) is 16.6 Å². The van der Waals surface area contributed by atoms with E-state index in [1.54, 1.807) is 54.7 Å². The average Bonchev–Trinajstić information content (AvgIpc) is 3.27. The molecule has 0 spiro atoms. The van der Waals surface area contributed by atoms with Gasteiger partial charge in [-0.25, -0.2) is 18.1 Å². The smallest absolute Gasteiger partial charge is 0.278 e. The lowest BCUT2D eigenvalue weighted by molar-refractivity contribution is 0.478. The van der Waals surface area contributed by atoms with Gasteiger partial charge in [-0.15, -0.1) is 0 Å². The first-order valence-electron chi connectivity index (χ1n) is 9.01. The average molecular weight is 457 g/mol. The summed E-state index contributed by atoms with van der Waals surface area (Å²) in [5.74, 6) is 0.648. The van der Waals surface area contributed by atoms with Gasteiger partial charge in [0, 0.05) is 23.1 Å². The van der Waals surface area contributed by atoms with Crippen LogP contribution in [0.3, 0.4) is 0 Å². The predicted octanol–water partition coefficient (Wildman–Crippen LogP) is 5.73. The van der Waals surface area contributed by atoms with E-state index in [-0.39, 0.29) is 11.4 Å². The summed E-state index contributed by atoms with van der Waals surface area (Å²) >= 11 is 7.32. The van der Waals surface area contributed by atoms with Crippen LogP contribution in [0.1, 0.15) is 5.56 Å². The maximum absolute atomic E-state index is 12.6. The molecular formula is C22H17ClN2O3S2. The first-order valence-corrected chi connectivity index (χ1v) is 11.8. The Bertz CT molecular complexity index is 1210. The van der Waals surface area contributed by atoms with Gasteiger partial charge in [-0.2, -0.15) is 0 Å². The topological polar surface area (TPSA) is 68.3 Å². The minimum absolute atomic E-state index is 0.179. The number of aromatic nitrogens is 1. The lowest BCUT2D eigenvalue weighted by Crippen LogP contribution is -2.23. The Hall–Kier alpha value is -2.71. The van der Waals surface area contributed by atoms with Gasteiger partial charge in [-0.05, 0) is 53.1 Å². The highest BCUT2D eigenvalue weighted by atomic mass is 35.5. The number of hydrogen-bond donors (Lipinski definition) is 1. The lowest BCUT2D eigenvalue weighted by atomic mass is 10.1. The fourth-order valence-corrected chi connectivity index (χ4v) is 4.42. The highest BCUT2D eigenvalue weighted by molar-refractivity contribution is 7.89. The summed E-state index contributed by atoms with van der Waals surface area (Å²) in [6.45, 7) is 0.179. The van der Waals surface area contributed by atoms with Crippen molar-refractivity contribution in [2.45, 2.75) is 11.4 Å². The summed E-state index contributed by atoms with van der Waals surface area (Å²) in [4.78, 5) is 4.28. The summed E-state index contributed by atoms with van der Waals surface area (Å²) in [6, 6.07) is 21.3. The van der Waals surface area contributed by atoms with E-state index in [0.717, 1.165) is 16.7 Å². The highest BCUT2D eigenvalue weighted by Crippen LogP contribution is 2.24. The van der Waals surface area contributed by atoms with E-state index in [2.05, 4.69) is 9.71 Å². The molecule has 1 heterocycles. The van der Waals surface area contributed by atoms with Crippen LogP contribution < -0.4 is 9.46 Å². The van der Waals surface area contributed by atoms with Crippen LogP contribution in [0.15, 0.2) is 89.3 Å². The van der Waals surface area contributed by atoms with Gasteiger partial charge in [0.1, 0.15) is 5.75 Å². The minimum Gasteiger partial charge on any atom is -0.431 e. The molecule has 0 unspecified atom stereocenters. The van der Waals surface area contributed by atoms with Gasteiger partial charge >= 0.3 is 0 Å². The Morgan fingerprint density at radius 2 is 1.53 bits per heavy atom. The molecule has 3 aromatic carbocycles. The highest BCUT2D eigenvalue weighted by Gasteiger charge is 2.14. The molecule has 30 heavy (non-hydrogen) atoms. The first kappa shape index (κ1) is 20.6. The largest absolute Gasteiger partial charge is 0.431 e. The van der Waals surface area contributed by atoms with Crippen LogP contribution in [0.4, 0.5) is 0 Å². The zero-order valence-electron chi connectivity index (χ0n) is 15.7. The molecule has 152 valence electrons. The molecular weight excluding hydrogens is 440 g/mol. The van der Waals surface area contributed by atoms with Crippen LogP contribution in [0.2, 0.25) is 5.02 Å². The van der Waals surface area contributed by atoms with E-state index in [1.807, 2.05) is 29.6 Å². The zero-order valence-corrected chi connectivity index (χ0v) is 18.0. The van der Waals surface area contributed by atoms with Crippen molar-refractivity contribution in [1.29, 1.82) is 0 Å². The second-order valence-electron chi connectivity index (χ2n) is 6.40. The molecule has 0 aliphatic heterocycles. The van der Waals surface area contributed by atoms with Gasteiger partial charge in [-0.3, -0.25) is 0 Å². The lowest BCUT2D eigenvalue weighted by Gasteiger charge is -2.09. The van der Waals surface area contributed by atoms with Crippen molar-refractivity contribution in [2.75, 3.05) is 0 Å². The Morgan fingerprint density at radius 1 is 0.900 bits per heavy atom. The number of hydrogen-bond acceptors (Lipinski definition) is 5. The Kier molecular flexibility index (Phi) is 6.15. The van der Waals surface area contributed by atoms with Crippen molar-refractivity contribution < 1.29 is 13.2 Å². The van der Waals surface area contributed by atoms with Gasteiger partial charge < -0.3 is 4.74 Å². The maximum atomic E-state index is 12.6. The number of ether oxygens (including phenoxy) is 1. The molecule has 0 aliphatic carbocycles. The number of nitrogens with one attached hydrogen (secondary N) is 1. The summed E-state index contributed by atoms with van der Waals surface area (Å²) < 4.78 is 33.5. The van der Waals surface area contributed by atoms with E-state index < -0.39 is 10.0 Å². The van der Waals surface area contributed by atoms with Crippen LogP contribution in [0.25, 0.3) is 11.1 Å². The molecule has 0 fully saturated rings. The van der Waals surface area contributed by atoms with Crippen molar-refractivity contribution in [1.82, 2.24) is 9.71 Å². The second kappa shape index (κ2) is 8.97. The first-order chi connectivity index (χ1) is 14.5. The maximum Gasteiger partial charge on any atom is 0.278 e. The molecule has 0 atom stereocenters. The van der Waals surface area contributed by atoms with E-state index in [1.165, 1.54) is 11.3 Å². The third kappa shape index (κ3) is 5.06. The fraction of sp³-hybridized carbons (Fsp3) is 0.0455. The van der Waals surface area contributed by atoms with Crippen molar-refractivity contribution in [2.24, 2.45) is 0 Å². The SMILES string of the molecule is O=S(=O)(NCc1ccc(Oc2nccs2)cc1)c1ccc(-c2ccc(Cl)cc2)cc1. The molecule has 4 rings (SSSR count). The van der Waals surface area contributed by atoms with E-state index in [0.29, 0.717) is 16.0 Å². The van der Waals surface area contributed by atoms with Crippen molar-refractivity contribution in [3.8, 4) is 22.1 Å². The van der Waals surface area contributed by atoms with Gasteiger partial charge in [-0.1, -0.05) is 59.3 Å². The summed E-state index contributed by atoms with van der Waals surface area (Å²) in [5.41, 5.74) is 2.71. The van der Waals surface area contributed by atoms with Gasteiger partial charge in [0.05, 0.1) is 4.90 Å². The quantitative estimate of drug-likeness (QED) is 0.385. The molecule has 0 saturated heterocycles. The summed E-state index contributed by atoms with van der Waals surface area (Å²) in [6.07, 6.45) is 1.67. The number of halogens is 1. The number of thiazole rings is 1. The second-order valence-corrected chi connectivity index (χ2v) is 9.46. The van der Waals surface area contributed by atoms with Crippen molar-refractivity contribution in [3.63, 3.8) is 0 Å². The minimum atomic E-state index is -3.63. The van der Waals surface area contributed by atoms with Crippen LogP contribution >= 0.6 is 22.9 Å². The van der Waals surface area contributed by atoms with E-state index in [4.69, 9.17) is 16.3 Å². The molecule has 4 aromatic rings. The molecule has 0 bridgehead atoms. The molecule has 0 saturated carbocycles. The Balaban J connectivity index is 1.39. The molecule has 0 aliphatic rings. The van der Waals surface area contributed by atoms with E-state index in [9.17, 15) is 8.42 Å². The number of nitrogens with zero attached hydrogens (tertiary/aromatic N) is 1. The van der Waals surface area contributed by atoms with Crippen LogP contribution in [-0.4, -0.2) is 13.4 Å². The Morgan fingerprint density at radius 3 is 2.13 bits per heavy atom. The normalized spacial score (nSPS) is 11.4. The molecule has 5 nitrogen and oxygen atoms in total. The standard InChI is InChI=1S/C22H17ClN2O3S2/c23-19-7-3-17(4-8-19)18-5-11-21(12-6-18)30(26,27)25-15-16-1-9-20(10-2-16)28-22-24-13-14-29-22/h1-14,25H,15H2. The number of benzene rings is 3. The third-order valence-electron chi connectivity index (χ3n) is 4.35. The summed E-state index contributed by atoms with van der Waals surface area (Å²) in [5, 5.41) is 3.05. The van der Waals surface area contributed by atoms with Gasteiger partial charge in [0.2, 0.25) is 10.0 Å². The molecule has 0 radical (unpaired) electrons. The monoisotopic (exact) mass is 456 g/mol. The third-order valence-corrected chi connectivity index (χ3v) is 6.66. The molecule has 0 amide bonds. The molecule has 1 N–H and O–H groups in total. The van der Waals surface area contributed by atoms with Crippen molar-refractivity contribution in [3.05, 3.63) is 95.0 Å². The zero-order chi connectivity index (χ0) is 21.0. The van der Waals surface area contributed by atoms with Crippen LogP contribution in [0.5, 0.6) is 10.9 Å². The predicted molar refractivity (Wildman–Crippen MR) is 120 cm³/mol. The van der Waals surface area contributed by atoms with Crippen LogP contribution in [0, 0.1) is 0 Å². The number of sulfonamides is 1. The molecule has 1 aromatic heterocycles. The number of rotatable bonds is 7.